The van der Waals surface area contributed by atoms with Crippen molar-refractivity contribution in [3.05, 3.63) is 130 Å². The van der Waals surface area contributed by atoms with Crippen LogP contribution in [0.25, 0.3) is 34.5 Å². The van der Waals surface area contributed by atoms with Gasteiger partial charge in [0.25, 0.3) is 5.91 Å². The van der Waals surface area contributed by atoms with E-state index in [1.165, 1.54) is 0 Å². The fraction of sp³-hybridized carbons (Fsp3) is 0.0606. The zero-order valence-electron chi connectivity index (χ0n) is 23.4. The normalized spacial score (nSPS) is 14.2. The molecule has 0 atom stereocenters. The van der Waals surface area contributed by atoms with Crippen molar-refractivity contribution in [3.63, 3.8) is 0 Å². The molecule has 2 N–H and O–H groups in total. The van der Waals surface area contributed by atoms with Crippen LogP contribution in [-0.2, 0) is 21.5 Å². The zero-order valence-corrected chi connectivity index (χ0v) is 25.7. The van der Waals surface area contributed by atoms with Crippen LogP contribution < -0.4 is 9.03 Å². The van der Waals surface area contributed by atoms with Crippen molar-refractivity contribution < 1.29 is 23.1 Å². The summed E-state index contributed by atoms with van der Waals surface area (Å²) in [6.07, 6.45) is 5.70. The topological polar surface area (TPSA) is 122 Å². The highest BCUT2D eigenvalue weighted by atomic mass is 35.5. The second-order valence-electron chi connectivity index (χ2n) is 10.3. The number of nitrogens with zero attached hydrogens (tertiary/aromatic N) is 3. The molecule has 5 aromatic rings. The minimum atomic E-state index is -3.90. The number of carboxylic acid groups (broad SMARTS) is 1. The third kappa shape index (κ3) is 6.63. The summed E-state index contributed by atoms with van der Waals surface area (Å²) in [5.41, 5.74) is 5.46. The number of benzene rings is 4. The van der Waals surface area contributed by atoms with Crippen LogP contribution in [0.2, 0.25) is 10.0 Å². The predicted octanol–water partition coefficient (Wildman–Crippen LogP) is 6.62. The van der Waals surface area contributed by atoms with Crippen LogP contribution >= 0.6 is 23.2 Å². The van der Waals surface area contributed by atoms with E-state index in [-0.39, 0.29) is 12.1 Å². The molecule has 226 valence electrons. The predicted molar refractivity (Wildman–Crippen MR) is 175 cm³/mol. The average Bonchev–Trinajstić information content (AvgIpc) is 3.54. The Morgan fingerprint density at radius 2 is 1.69 bits per heavy atom. The molecule has 1 aromatic heterocycles. The molecule has 45 heavy (non-hydrogen) atoms. The lowest BCUT2D eigenvalue weighted by Gasteiger charge is -2.15. The van der Waals surface area contributed by atoms with Gasteiger partial charge in [-0.25, -0.2) is 18.8 Å². The maximum absolute atomic E-state index is 12.3. The molecule has 0 radical (unpaired) electrons. The number of amides is 1. The number of nitrogens with one attached hydrogen (secondary N) is 1. The Bertz CT molecular complexity index is 2080. The number of aromatic nitrogens is 2. The van der Waals surface area contributed by atoms with Gasteiger partial charge in [0.2, 0.25) is 0 Å². The third-order valence-corrected chi connectivity index (χ3v) is 9.15. The van der Waals surface area contributed by atoms with E-state index >= 15 is 0 Å². The number of carbonyl (C=O) groups excluding carboxylic acids is 1. The zero-order chi connectivity index (χ0) is 31.7. The van der Waals surface area contributed by atoms with E-state index in [4.69, 9.17) is 28.2 Å². The number of halogens is 2. The minimum absolute atomic E-state index is 0.210. The third-order valence-electron chi connectivity index (χ3n) is 7.19. The lowest BCUT2D eigenvalue weighted by molar-refractivity contribution is -0.117. The number of hydrogen-bond acceptors (Lipinski definition) is 5. The van der Waals surface area contributed by atoms with Gasteiger partial charge in [-0.15, -0.1) is 0 Å². The summed E-state index contributed by atoms with van der Waals surface area (Å²) in [4.78, 5) is 27.8. The lowest BCUT2D eigenvalue weighted by atomic mass is 10.0. The van der Waals surface area contributed by atoms with Crippen LogP contribution in [0.4, 0.5) is 5.69 Å². The van der Waals surface area contributed by atoms with Gasteiger partial charge in [0.1, 0.15) is 12.4 Å². The fourth-order valence-corrected chi connectivity index (χ4v) is 6.59. The second kappa shape index (κ2) is 12.2. The molecule has 1 fully saturated rings. The molecule has 1 amide bonds. The van der Waals surface area contributed by atoms with E-state index in [2.05, 4.69) is 0 Å². The van der Waals surface area contributed by atoms with Crippen molar-refractivity contribution in [3.8, 4) is 22.4 Å². The van der Waals surface area contributed by atoms with Gasteiger partial charge in [-0.2, -0.15) is 8.42 Å². The molecule has 2 heterocycles. The van der Waals surface area contributed by atoms with Crippen LogP contribution in [0.1, 0.15) is 27.3 Å². The smallest absolute Gasteiger partial charge is 0.335 e. The summed E-state index contributed by atoms with van der Waals surface area (Å²) in [5.74, 6) is -0.902. The summed E-state index contributed by atoms with van der Waals surface area (Å²) in [6, 6.07) is 26.6. The molecule has 9 nitrogen and oxygen atoms in total. The molecule has 0 unspecified atom stereocenters. The van der Waals surface area contributed by atoms with E-state index in [1.807, 2.05) is 64.0 Å². The van der Waals surface area contributed by atoms with Crippen molar-refractivity contribution in [2.24, 2.45) is 0 Å². The Balaban J connectivity index is 1.27. The number of anilines is 1. The monoisotopic (exact) mass is 658 g/mol. The quantitative estimate of drug-likeness (QED) is 0.193. The first-order valence-corrected chi connectivity index (χ1v) is 15.8. The van der Waals surface area contributed by atoms with Crippen LogP contribution in [0.5, 0.6) is 0 Å². The van der Waals surface area contributed by atoms with Crippen molar-refractivity contribution >= 4 is 63.1 Å². The highest BCUT2D eigenvalue weighted by Crippen LogP contribution is 2.31. The summed E-state index contributed by atoms with van der Waals surface area (Å²) in [6.45, 7) is 0.186. The fourth-order valence-electron chi connectivity index (χ4n) is 4.94. The number of aromatic carboxylic acids is 1. The van der Waals surface area contributed by atoms with E-state index < -0.39 is 22.1 Å². The molecule has 12 heteroatoms. The summed E-state index contributed by atoms with van der Waals surface area (Å²) < 4.78 is 29.5. The highest BCUT2D eigenvalue weighted by molar-refractivity contribution is 7.92. The Kier molecular flexibility index (Phi) is 8.20. The standard InChI is InChI=1S/C33H24Cl2N4O5S/c34-26-13-14-28(29(35)17-26)30-19-38(18-22-6-11-24(12-7-22)33(41)42)31(36-30)15-8-21-4-9-23(10-5-21)25-2-1-3-27(16-25)39-20-32(40)37-45(39,43)44/h1-17,19H,18,20H2,(H,37,40)(H,41,42)/b15-8+. The molecule has 0 bridgehead atoms. The molecule has 1 aliphatic rings. The number of carboxylic acids is 1. The first kappa shape index (κ1) is 30.1. The van der Waals surface area contributed by atoms with Crippen molar-refractivity contribution in [2.45, 2.75) is 6.54 Å². The molecule has 6 rings (SSSR count). The van der Waals surface area contributed by atoms with Gasteiger partial charge in [-0.3, -0.25) is 4.79 Å². The number of carbonyl (C=O) groups is 2. The maximum atomic E-state index is 12.3. The van der Waals surface area contributed by atoms with Crippen molar-refractivity contribution in [1.29, 1.82) is 0 Å². The first-order chi connectivity index (χ1) is 21.6. The maximum Gasteiger partial charge on any atom is 0.335 e. The number of hydrogen-bond donors (Lipinski definition) is 2. The molecule has 4 aromatic carbocycles. The van der Waals surface area contributed by atoms with Crippen molar-refractivity contribution in [1.82, 2.24) is 14.3 Å². The van der Waals surface area contributed by atoms with Crippen LogP contribution in [0.3, 0.4) is 0 Å². The van der Waals surface area contributed by atoms with Gasteiger partial charge in [0.15, 0.2) is 0 Å². The van der Waals surface area contributed by atoms with E-state index in [0.29, 0.717) is 33.8 Å². The summed E-state index contributed by atoms with van der Waals surface area (Å²) in [7, 11) is -3.90. The SMILES string of the molecule is O=C1CN(c2cccc(-c3ccc(/C=C/c4nc(-c5ccc(Cl)cc5Cl)cn4Cc4ccc(C(=O)O)cc4)cc3)c2)S(=O)(=O)N1. The van der Waals surface area contributed by atoms with Crippen LogP contribution in [0.15, 0.2) is 97.2 Å². The summed E-state index contributed by atoms with van der Waals surface area (Å²) in [5, 5.41) is 10.2. The van der Waals surface area contributed by atoms with Crippen LogP contribution in [-0.4, -0.2) is 41.5 Å². The Hall–Kier alpha value is -4.90. The van der Waals surface area contributed by atoms with Gasteiger partial charge >= 0.3 is 16.2 Å². The average molecular weight is 660 g/mol. The molecule has 0 aliphatic carbocycles. The lowest BCUT2D eigenvalue weighted by Crippen LogP contribution is -2.29. The Morgan fingerprint density at radius 1 is 0.933 bits per heavy atom. The van der Waals surface area contributed by atoms with Gasteiger partial charge in [0.05, 0.1) is 22.0 Å². The molecule has 1 saturated heterocycles. The molecule has 1 aliphatic heterocycles. The van der Waals surface area contributed by atoms with Crippen molar-refractivity contribution in [2.75, 3.05) is 10.8 Å². The van der Waals surface area contributed by atoms with Gasteiger partial charge in [-0.05, 0) is 70.8 Å². The second-order valence-corrected chi connectivity index (χ2v) is 12.7. The van der Waals surface area contributed by atoms with Gasteiger partial charge < -0.3 is 9.67 Å². The van der Waals surface area contributed by atoms with E-state index in [1.54, 1.807) is 54.6 Å². The van der Waals surface area contributed by atoms with E-state index in [9.17, 15) is 23.1 Å². The minimum Gasteiger partial charge on any atom is -0.478 e. The molecule has 0 saturated carbocycles. The first-order valence-electron chi connectivity index (χ1n) is 13.6. The Morgan fingerprint density at radius 3 is 2.36 bits per heavy atom. The van der Waals surface area contributed by atoms with Gasteiger partial charge in [0, 0.05) is 23.3 Å². The molecule has 0 spiro atoms. The van der Waals surface area contributed by atoms with Crippen LogP contribution in [0, 0.1) is 0 Å². The highest BCUT2D eigenvalue weighted by Gasteiger charge is 2.34. The molecular formula is C33H24Cl2N4O5S. The Labute approximate surface area is 269 Å². The summed E-state index contributed by atoms with van der Waals surface area (Å²) >= 11 is 12.6. The largest absolute Gasteiger partial charge is 0.478 e. The number of rotatable bonds is 8. The molecular weight excluding hydrogens is 635 g/mol. The van der Waals surface area contributed by atoms with Gasteiger partial charge in [-0.1, -0.05) is 77.8 Å². The number of imidazole rings is 1. The van der Waals surface area contributed by atoms with E-state index in [0.717, 1.165) is 32.1 Å².